The molecule has 3 unspecified atom stereocenters. The van der Waals surface area contributed by atoms with Gasteiger partial charge in [0, 0.05) is 17.8 Å². The summed E-state index contributed by atoms with van der Waals surface area (Å²) in [7, 11) is 0. The first kappa shape index (κ1) is 20.1. The summed E-state index contributed by atoms with van der Waals surface area (Å²) in [5.74, 6) is -0.00506. The number of Topliss-reactive ketones (excluding diaryl/α,β-unsaturated/α-hetero) is 2. The van der Waals surface area contributed by atoms with E-state index in [-0.39, 0.29) is 17.7 Å². The third-order valence-corrected chi connectivity index (χ3v) is 4.71. The molecule has 0 spiro atoms. The Balaban J connectivity index is 2.29. The molecule has 1 aliphatic carbocycles. The molecule has 1 aromatic carbocycles. The highest BCUT2D eigenvalue weighted by molar-refractivity contribution is 5.89. The monoisotopic (exact) mass is 356 g/mol. The van der Waals surface area contributed by atoms with Gasteiger partial charge in [-0.25, -0.2) is 0 Å². The molecule has 26 heavy (non-hydrogen) atoms. The molecule has 0 radical (unpaired) electrons. The fourth-order valence-corrected chi connectivity index (χ4v) is 3.28. The van der Waals surface area contributed by atoms with Gasteiger partial charge in [0.25, 0.3) is 0 Å². The van der Waals surface area contributed by atoms with E-state index in [9.17, 15) is 14.7 Å². The molecular formula is C22H28O4. The van der Waals surface area contributed by atoms with Crippen LogP contribution in [0.3, 0.4) is 0 Å². The van der Waals surface area contributed by atoms with Gasteiger partial charge in [0.1, 0.15) is 17.6 Å². The maximum Gasteiger partial charge on any atom is 0.173 e. The fourth-order valence-electron chi connectivity index (χ4n) is 3.28. The lowest BCUT2D eigenvalue weighted by atomic mass is 9.68. The molecule has 2 rings (SSSR count). The van der Waals surface area contributed by atoms with Crippen LogP contribution in [0.2, 0.25) is 0 Å². The van der Waals surface area contributed by atoms with E-state index >= 15 is 0 Å². The highest BCUT2D eigenvalue weighted by Gasteiger charge is 2.40. The van der Waals surface area contributed by atoms with E-state index in [1.54, 1.807) is 43.3 Å². The number of hydrogen-bond donors (Lipinski definition) is 1. The summed E-state index contributed by atoms with van der Waals surface area (Å²) in [6.45, 7) is 7.38. The molecule has 0 bridgehead atoms. The average Bonchev–Trinajstić information content (AvgIpc) is 2.59. The molecule has 1 N–H and O–H groups in total. The van der Waals surface area contributed by atoms with E-state index in [1.165, 1.54) is 0 Å². The number of hydrogen-bond acceptors (Lipinski definition) is 4. The summed E-state index contributed by atoms with van der Waals surface area (Å²) in [6.07, 6.45) is 5.24. The number of carbonyl (C=O) groups is 2. The molecule has 0 saturated heterocycles. The number of allylic oxidation sites excluding steroid dienone is 3. The van der Waals surface area contributed by atoms with E-state index in [0.717, 1.165) is 0 Å². The zero-order chi connectivity index (χ0) is 19.3. The summed E-state index contributed by atoms with van der Waals surface area (Å²) in [5, 5.41) is 10.6. The van der Waals surface area contributed by atoms with Crippen LogP contribution >= 0.6 is 0 Å². The van der Waals surface area contributed by atoms with Crippen LogP contribution in [0.4, 0.5) is 0 Å². The minimum absolute atomic E-state index is 0.0186. The van der Waals surface area contributed by atoms with Crippen LogP contribution in [-0.4, -0.2) is 22.8 Å². The molecule has 4 nitrogen and oxygen atoms in total. The summed E-state index contributed by atoms with van der Waals surface area (Å²) in [5.41, 5.74) is -0.00895. The van der Waals surface area contributed by atoms with Gasteiger partial charge in [-0.05, 0) is 44.9 Å². The number of ketones is 2. The van der Waals surface area contributed by atoms with Crippen molar-refractivity contribution in [2.75, 3.05) is 0 Å². The molecule has 4 heteroatoms. The smallest absolute Gasteiger partial charge is 0.173 e. The maximum absolute atomic E-state index is 13.0. The predicted molar refractivity (Wildman–Crippen MR) is 101 cm³/mol. The van der Waals surface area contributed by atoms with Crippen LogP contribution in [0, 0.1) is 11.3 Å². The first-order valence-electron chi connectivity index (χ1n) is 9.07. The molecule has 0 amide bonds. The van der Waals surface area contributed by atoms with Crippen molar-refractivity contribution in [1.29, 1.82) is 0 Å². The van der Waals surface area contributed by atoms with Crippen LogP contribution in [-0.2, 0) is 14.3 Å². The molecule has 1 aliphatic rings. The minimum atomic E-state index is -1.19. The lowest BCUT2D eigenvalue weighted by molar-refractivity contribution is -0.133. The number of rotatable bonds is 8. The Bertz CT molecular complexity index is 702. The number of aliphatic hydroxyl groups excluding tert-OH is 1. The van der Waals surface area contributed by atoms with Gasteiger partial charge in [0.2, 0.25) is 0 Å². The Kier molecular flexibility index (Phi) is 6.54. The Morgan fingerprint density at radius 1 is 1.23 bits per heavy atom. The van der Waals surface area contributed by atoms with Gasteiger partial charge < -0.3 is 14.6 Å². The third-order valence-electron chi connectivity index (χ3n) is 4.71. The summed E-state index contributed by atoms with van der Waals surface area (Å²) < 4.78 is 5.78. The summed E-state index contributed by atoms with van der Waals surface area (Å²) >= 11 is 0. The number of benzene rings is 1. The van der Waals surface area contributed by atoms with Gasteiger partial charge in [0.15, 0.2) is 5.78 Å². The number of carbonyl (C=O) groups excluding carboxylic acids is 2. The summed E-state index contributed by atoms with van der Waals surface area (Å²) in [4.78, 5) is 24.5. The Morgan fingerprint density at radius 2 is 1.88 bits per heavy atom. The molecule has 0 heterocycles. The van der Waals surface area contributed by atoms with Crippen molar-refractivity contribution in [3.63, 3.8) is 0 Å². The lowest BCUT2D eigenvalue weighted by Crippen LogP contribution is -2.36. The van der Waals surface area contributed by atoms with Crippen LogP contribution in [0.25, 0.3) is 0 Å². The highest BCUT2D eigenvalue weighted by atomic mass is 16.5. The van der Waals surface area contributed by atoms with Gasteiger partial charge in [-0.1, -0.05) is 43.3 Å². The standard InChI is InChI=1S/C22H28O4/c1-15(2)26-18-10-11-19(22(4,14-18)13-12-16(3)23)21(25)20(24)17-8-6-5-7-9-17/h5-11,14-15,19-20,24H,12-13H2,1-4H3. The normalized spacial score (nSPS) is 23.5. The average molecular weight is 356 g/mol. The lowest BCUT2D eigenvalue weighted by Gasteiger charge is -2.36. The highest BCUT2D eigenvalue weighted by Crippen LogP contribution is 2.42. The second-order valence-corrected chi connectivity index (χ2v) is 7.47. The molecule has 3 atom stereocenters. The molecule has 140 valence electrons. The second-order valence-electron chi connectivity index (χ2n) is 7.47. The first-order valence-corrected chi connectivity index (χ1v) is 9.07. The van der Waals surface area contributed by atoms with Crippen LogP contribution in [0.5, 0.6) is 0 Å². The quantitative estimate of drug-likeness (QED) is 0.760. The van der Waals surface area contributed by atoms with Crippen molar-refractivity contribution in [3.05, 3.63) is 59.9 Å². The van der Waals surface area contributed by atoms with Crippen molar-refractivity contribution in [1.82, 2.24) is 0 Å². The van der Waals surface area contributed by atoms with E-state index in [2.05, 4.69) is 0 Å². The fraction of sp³-hybridized carbons (Fsp3) is 0.455. The second kappa shape index (κ2) is 8.45. The van der Waals surface area contributed by atoms with E-state index in [0.29, 0.717) is 24.2 Å². The Labute approximate surface area is 155 Å². The van der Waals surface area contributed by atoms with Gasteiger partial charge in [-0.3, -0.25) is 4.79 Å². The Morgan fingerprint density at radius 3 is 2.46 bits per heavy atom. The topological polar surface area (TPSA) is 63.6 Å². The molecule has 0 saturated carbocycles. The first-order chi connectivity index (χ1) is 12.2. The molecule has 0 aliphatic heterocycles. The zero-order valence-electron chi connectivity index (χ0n) is 15.9. The minimum Gasteiger partial charge on any atom is -0.491 e. The van der Waals surface area contributed by atoms with Crippen molar-refractivity contribution in [2.45, 2.75) is 52.7 Å². The van der Waals surface area contributed by atoms with Gasteiger partial charge in [-0.15, -0.1) is 0 Å². The molecule has 1 aromatic rings. The van der Waals surface area contributed by atoms with Crippen molar-refractivity contribution in [3.8, 4) is 0 Å². The van der Waals surface area contributed by atoms with E-state index in [1.807, 2.05) is 32.9 Å². The third kappa shape index (κ3) is 4.92. The van der Waals surface area contributed by atoms with Gasteiger partial charge in [0.05, 0.1) is 6.10 Å². The van der Waals surface area contributed by atoms with Crippen LogP contribution in [0.1, 0.15) is 52.2 Å². The molecule has 0 aromatic heterocycles. The number of aliphatic hydroxyl groups is 1. The van der Waals surface area contributed by atoms with Crippen molar-refractivity contribution >= 4 is 11.6 Å². The zero-order valence-corrected chi connectivity index (χ0v) is 15.9. The SMILES string of the molecule is CC(=O)CCC1(C)C=C(OC(C)C)C=CC1C(=O)C(O)c1ccccc1. The predicted octanol–water partition coefficient (Wildman–Crippen LogP) is 4.16. The van der Waals surface area contributed by atoms with Gasteiger partial charge in [-0.2, -0.15) is 0 Å². The van der Waals surface area contributed by atoms with E-state index in [4.69, 9.17) is 4.74 Å². The number of ether oxygens (including phenoxy) is 1. The van der Waals surface area contributed by atoms with Crippen LogP contribution in [0.15, 0.2) is 54.3 Å². The Hall–Kier alpha value is -2.20. The largest absolute Gasteiger partial charge is 0.491 e. The molecular weight excluding hydrogens is 328 g/mol. The van der Waals surface area contributed by atoms with Crippen LogP contribution < -0.4 is 0 Å². The van der Waals surface area contributed by atoms with E-state index < -0.39 is 17.4 Å². The van der Waals surface area contributed by atoms with Gasteiger partial charge >= 0.3 is 0 Å². The van der Waals surface area contributed by atoms with Crippen molar-refractivity contribution in [2.24, 2.45) is 11.3 Å². The summed E-state index contributed by atoms with van der Waals surface area (Å²) in [6, 6.07) is 8.92. The maximum atomic E-state index is 13.0. The molecule has 0 fully saturated rings. The van der Waals surface area contributed by atoms with Crippen molar-refractivity contribution < 1.29 is 19.4 Å².